The van der Waals surface area contributed by atoms with Crippen molar-refractivity contribution in [2.75, 3.05) is 14.1 Å². The van der Waals surface area contributed by atoms with E-state index in [1.165, 1.54) is 81.3 Å². The maximum absolute atomic E-state index is 11.9. The Hall–Kier alpha value is -1.61. The van der Waals surface area contributed by atoms with Crippen LogP contribution >= 0.6 is 0 Å². The summed E-state index contributed by atoms with van der Waals surface area (Å²) in [5, 5.41) is 1.48. The normalized spacial score (nSPS) is 12.5. The zero-order chi connectivity index (χ0) is 21.9. The quantitative estimate of drug-likeness (QED) is 0.141. The number of allylic oxidation sites excluding steroid dienone is 2. The van der Waals surface area contributed by atoms with Gasteiger partial charge in [-0.3, -0.25) is 4.79 Å². The first-order chi connectivity index (χ1) is 14.6. The Morgan fingerprint density at radius 2 is 1.53 bits per heavy atom. The van der Waals surface area contributed by atoms with Crippen molar-refractivity contribution in [1.82, 2.24) is 5.06 Å². The van der Waals surface area contributed by atoms with Crippen LogP contribution < -0.4 is 0 Å². The highest BCUT2D eigenvalue weighted by Crippen LogP contribution is 2.21. The van der Waals surface area contributed by atoms with Gasteiger partial charge < -0.3 is 4.84 Å². The van der Waals surface area contributed by atoms with E-state index in [0.29, 0.717) is 12.3 Å². The lowest BCUT2D eigenvalue weighted by Gasteiger charge is -2.17. The Labute approximate surface area is 185 Å². The molecule has 30 heavy (non-hydrogen) atoms. The Morgan fingerprint density at radius 1 is 0.900 bits per heavy atom. The number of carbonyl (C=O) groups excluding carboxylic acids is 1. The minimum absolute atomic E-state index is 0.129. The fourth-order valence-electron chi connectivity index (χ4n) is 3.84. The summed E-state index contributed by atoms with van der Waals surface area (Å²) in [5.41, 5.74) is 1.36. The summed E-state index contributed by atoms with van der Waals surface area (Å²) < 4.78 is 0. The highest BCUT2D eigenvalue weighted by atomic mass is 16.7. The second-order valence-electron chi connectivity index (χ2n) is 8.68. The summed E-state index contributed by atoms with van der Waals surface area (Å²) in [5.74, 6) is 0.407. The molecule has 0 saturated carbocycles. The Balaban J connectivity index is 2.23. The molecule has 3 heteroatoms. The molecule has 1 rings (SSSR count). The number of unbranched alkanes of at least 4 members (excludes halogenated alkanes) is 8. The van der Waals surface area contributed by atoms with Gasteiger partial charge in [-0.15, -0.1) is 5.06 Å². The minimum atomic E-state index is -0.129. The van der Waals surface area contributed by atoms with Gasteiger partial charge in [-0.05, 0) is 50.0 Å². The molecule has 1 unspecified atom stereocenters. The van der Waals surface area contributed by atoms with Crippen LogP contribution in [-0.2, 0) is 16.1 Å². The third-order valence-electron chi connectivity index (χ3n) is 5.53. The summed E-state index contributed by atoms with van der Waals surface area (Å²) in [6, 6.07) is 10.6. The van der Waals surface area contributed by atoms with Crippen LogP contribution in [0.15, 0.2) is 42.5 Å². The van der Waals surface area contributed by atoms with E-state index in [1.807, 2.05) is 0 Å². The highest BCUT2D eigenvalue weighted by Gasteiger charge is 2.13. The zero-order valence-electron chi connectivity index (χ0n) is 19.8. The summed E-state index contributed by atoms with van der Waals surface area (Å²) in [7, 11) is 3.50. The molecule has 0 aliphatic heterocycles. The number of nitrogens with zero attached hydrogens (tertiary/aromatic N) is 1. The summed E-state index contributed by atoms with van der Waals surface area (Å²) in [6.07, 6.45) is 21.4. The molecule has 0 bridgehead atoms. The van der Waals surface area contributed by atoms with E-state index in [4.69, 9.17) is 4.84 Å². The molecule has 1 aromatic carbocycles. The molecule has 0 fully saturated rings. The monoisotopic (exact) mass is 415 g/mol. The largest absolute Gasteiger partial charge is 0.369 e. The summed E-state index contributed by atoms with van der Waals surface area (Å²) in [6.45, 7) is 2.27. The number of hydrogen-bond donors (Lipinski definition) is 0. The molecular formula is C27H45NO2. The molecule has 0 aromatic heterocycles. The first kappa shape index (κ1) is 26.4. The van der Waals surface area contributed by atoms with E-state index in [0.717, 1.165) is 12.8 Å². The molecule has 0 amide bonds. The molecule has 1 atom stereocenters. The van der Waals surface area contributed by atoms with Crippen molar-refractivity contribution < 1.29 is 9.63 Å². The van der Waals surface area contributed by atoms with E-state index in [2.05, 4.69) is 49.4 Å². The number of carbonyl (C=O) groups is 1. The van der Waals surface area contributed by atoms with Crippen LogP contribution in [0.25, 0.3) is 0 Å². The Bertz CT molecular complexity index is 553. The first-order valence-corrected chi connectivity index (χ1v) is 12.2. The van der Waals surface area contributed by atoms with Crippen molar-refractivity contribution in [2.45, 2.75) is 96.8 Å². The molecule has 0 spiro atoms. The number of hydrogen-bond acceptors (Lipinski definition) is 3. The summed E-state index contributed by atoms with van der Waals surface area (Å²) in [4.78, 5) is 17.1. The molecule has 0 saturated heterocycles. The van der Waals surface area contributed by atoms with Crippen molar-refractivity contribution in [1.29, 1.82) is 0 Å². The lowest BCUT2D eigenvalue weighted by molar-refractivity contribution is -0.178. The Kier molecular flexibility index (Phi) is 16.0. The molecule has 3 nitrogen and oxygen atoms in total. The van der Waals surface area contributed by atoms with Gasteiger partial charge in [0.15, 0.2) is 0 Å². The van der Waals surface area contributed by atoms with Gasteiger partial charge in [-0.2, -0.15) is 0 Å². The van der Waals surface area contributed by atoms with Gasteiger partial charge in [0.1, 0.15) is 0 Å². The molecule has 170 valence electrons. The number of rotatable bonds is 18. The third-order valence-corrected chi connectivity index (χ3v) is 5.53. The Morgan fingerprint density at radius 3 is 2.20 bits per heavy atom. The average molecular weight is 416 g/mol. The van der Waals surface area contributed by atoms with E-state index in [-0.39, 0.29) is 5.97 Å². The molecule has 0 aliphatic carbocycles. The smallest absolute Gasteiger partial charge is 0.325 e. The maximum Gasteiger partial charge on any atom is 0.325 e. The zero-order valence-corrected chi connectivity index (χ0v) is 19.8. The number of benzene rings is 1. The van der Waals surface area contributed by atoms with E-state index < -0.39 is 0 Å². The van der Waals surface area contributed by atoms with Gasteiger partial charge in [0.05, 0.1) is 0 Å². The fraction of sp³-hybridized carbons (Fsp3) is 0.667. The molecule has 0 heterocycles. The van der Waals surface area contributed by atoms with Gasteiger partial charge in [0.25, 0.3) is 0 Å². The van der Waals surface area contributed by atoms with Gasteiger partial charge >= 0.3 is 5.97 Å². The van der Waals surface area contributed by atoms with E-state index in [1.54, 1.807) is 14.1 Å². The molecule has 1 aromatic rings. The van der Waals surface area contributed by atoms with Crippen molar-refractivity contribution >= 4 is 5.97 Å². The lowest BCUT2D eigenvalue weighted by atomic mass is 9.90. The van der Waals surface area contributed by atoms with E-state index in [9.17, 15) is 4.79 Å². The molecule has 0 N–H and O–H groups in total. The molecular weight excluding hydrogens is 370 g/mol. The third kappa shape index (κ3) is 15.3. The van der Waals surface area contributed by atoms with Crippen LogP contribution in [0.4, 0.5) is 0 Å². The number of hydroxylamine groups is 2. The van der Waals surface area contributed by atoms with Crippen molar-refractivity contribution in [3.8, 4) is 0 Å². The standard InChI is InChI=1S/C27H45NO2/c1-4-5-6-7-8-9-10-11-12-13-14-16-21-26(22-23-27(29)30-28(2)3)24-25-19-17-15-18-20-25/h11-12,15,17-20,26H,4-10,13-14,16,21-24H2,1-3H3. The highest BCUT2D eigenvalue weighted by molar-refractivity contribution is 5.68. The first-order valence-electron chi connectivity index (χ1n) is 12.2. The van der Waals surface area contributed by atoms with Gasteiger partial charge in [0, 0.05) is 20.5 Å². The van der Waals surface area contributed by atoms with E-state index >= 15 is 0 Å². The topological polar surface area (TPSA) is 29.5 Å². The fourth-order valence-corrected chi connectivity index (χ4v) is 3.84. The van der Waals surface area contributed by atoms with Crippen LogP contribution in [0.2, 0.25) is 0 Å². The van der Waals surface area contributed by atoms with Crippen molar-refractivity contribution in [2.24, 2.45) is 5.92 Å². The second-order valence-corrected chi connectivity index (χ2v) is 8.68. The van der Waals surface area contributed by atoms with Gasteiger partial charge in [0.2, 0.25) is 0 Å². The van der Waals surface area contributed by atoms with Gasteiger partial charge in [-0.1, -0.05) is 94.4 Å². The van der Waals surface area contributed by atoms with Crippen LogP contribution in [0, 0.1) is 5.92 Å². The van der Waals surface area contributed by atoms with Crippen LogP contribution in [0.5, 0.6) is 0 Å². The van der Waals surface area contributed by atoms with Gasteiger partial charge in [-0.25, -0.2) is 0 Å². The minimum Gasteiger partial charge on any atom is -0.369 e. The van der Waals surface area contributed by atoms with Crippen LogP contribution in [-0.4, -0.2) is 25.1 Å². The second kappa shape index (κ2) is 18.2. The van der Waals surface area contributed by atoms with Crippen LogP contribution in [0.1, 0.15) is 96.0 Å². The predicted octanol–water partition coefficient (Wildman–Crippen LogP) is 7.51. The van der Waals surface area contributed by atoms with Crippen molar-refractivity contribution in [3.63, 3.8) is 0 Å². The van der Waals surface area contributed by atoms with Crippen LogP contribution in [0.3, 0.4) is 0 Å². The average Bonchev–Trinajstić information content (AvgIpc) is 2.73. The summed E-state index contributed by atoms with van der Waals surface area (Å²) >= 11 is 0. The molecule has 0 radical (unpaired) electrons. The maximum atomic E-state index is 11.9. The predicted molar refractivity (Wildman–Crippen MR) is 128 cm³/mol. The lowest BCUT2D eigenvalue weighted by Crippen LogP contribution is -2.19. The van der Waals surface area contributed by atoms with Crippen molar-refractivity contribution in [3.05, 3.63) is 48.0 Å². The SMILES string of the molecule is CCCCCCCCC=CCCCCC(CCC(=O)ON(C)C)Cc1ccccc1. The molecule has 0 aliphatic rings.